The molecule has 4 aliphatic heterocycles. The Kier molecular flexibility index (Phi) is 9.09. The van der Waals surface area contributed by atoms with E-state index in [-0.39, 0.29) is 5.41 Å². The minimum absolute atomic E-state index is 0.293. The maximum atomic E-state index is 13.9. The summed E-state index contributed by atoms with van der Waals surface area (Å²) in [5.41, 5.74) is 17.4. The molecule has 2 spiro atoms. The molecule has 13 rings (SSSR count). The number of hydrogen-bond donors (Lipinski definition) is 5. The van der Waals surface area contributed by atoms with Gasteiger partial charge in [0, 0.05) is 52.8 Å². The number of likely N-dealkylation sites (N-methyl/N-ethyl adjacent to an activating group) is 2. The van der Waals surface area contributed by atoms with Crippen LogP contribution in [0.5, 0.6) is 0 Å². The second kappa shape index (κ2) is 14.8. The van der Waals surface area contributed by atoms with Gasteiger partial charge in [-0.25, -0.2) is 0 Å². The number of piperidine rings is 2. The van der Waals surface area contributed by atoms with E-state index < -0.39 is 5.41 Å². The molecule has 322 valence electrons. The maximum absolute atomic E-state index is 13.9. The number of nitrogens with one attached hydrogen (secondary N) is 5. The molecule has 8 heterocycles. The number of H-pyrrole nitrogens is 4. The zero-order chi connectivity index (χ0) is 42.5. The number of aryl methyl sites for hydroxylation is 4. The fourth-order valence-electron chi connectivity index (χ4n) is 12.4. The Morgan fingerprint density at radius 1 is 0.619 bits per heavy atom. The van der Waals surface area contributed by atoms with Crippen LogP contribution in [-0.2, 0) is 52.6 Å². The van der Waals surface area contributed by atoms with Gasteiger partial charge in [-0.3, -0.25) is 24.7 Å². The highest BCUT2D eigenvalue weighted by Crippen LogP contribution is 2.52. The van der Waals surface area contributed by atoms with Gasteiger partial charge in [-0.2, -0.15) is 10.2 Å². The molecule has 4 aromatic heterocycles. The number of benzene rings is 3. The van der Waals surface area contributed by atoms with Crippen LogP contribution in [0.3, 0.4) is 0 Å². The van der Waals surface area contributed by atoms with Gasteiger partial charge in [0.2, 0.25) is 11.8 Å². The zero-order valence-corrected chi connectivity index (χ0v) is 36.4. The number of likely N-dealkylation sites (tertiary alicyclic amines) is 1. The lowest BCUT2D eigenvalue weighted by Crippen LogP contribution is -2.48. The Balaban J connectivity index is 0.000000137. The van der Waals surface area contributed by atoms with Crippen LogP contribution in [0.1, 0.15) is 91.3 Å². The van der Waals surface area contributed by atoms with Crippen LogP contribution >= 0.6 is 0 Å². The monoisotopic (exact) mass is 840 g/mol. The summed E-state index contributed by atoms with van der Waals surface area (Å²) in [6.45, 7) is 10.3. The van der Waals surface area contributed by atoms with Gasteiger partial charge in [0.15, 0.2) is 0 Å². The molecule has 2 aliphatic carbocycles. The third-order valence-electron chi connectivity index (χ3n) is 15.7. The van der Waals surface area contributed by atoms with Gasteiger partial charge in [0.1, 0.15) is 0 Å². The third-order valence-corrected chi connectivity index (χ3v) is 15.7. The second-order valence-corrected chi connectivity index (χ2v) is 18.8. The topological polar surface area (TPSA) is 145 Å². The Morgan fingerprint density at radius 3 is 1.63 bits per heavy atom. The van der Waals surface area contributed by atoms with Crippen molar-refractivity contribution in [3.63, 3.8) is 0 Å². The zero-order valence-electron chi connectivity index (χ0n) is 36.4. The van der Waals surface area contributed by atoms with Gasteiger partial charge < -0.3 is 25.1 Å². The molecule has 2 amide bonds. The van der Waals surface area contributed by atoms with E-state index in [2.05, 4.69) is 109 Å². The highest BCUT2D eigenvalue weighted by molar-refractivity contribution is 6.12. The molecule has 3 aromatic carbocycles. The normalized spacial score (nSPS) is 19.7. The lowest BCUT2D eigenvalue weighted by molar-refractivity contribution is -0.125. The summed E-state index contributed by atoms with van der Waals surface area (Å²) in [5, 5.41) is 21.0. The smallest absolute Gasteiger partial charge is 0.237 e. The molecule has 12 nitrogen and oxygen atoms in total. The summed E-state index contributed by atoms with van der Waals surface area (Å²) in [5.74, 6) is 0.588. The Labute approximate surface area is 367 Å². The van der Waals surface area contributed by atoms with E-state index in [1.807, 2.05) is 22.2 Å². The second-order valence-electron chi connectivity index (χ2n) is 18.8. The quantitative estimate of drug-likeness (QED) is 0.122. The van der Waals surface area contributed by atoms with Crippen LogP contribution in [-0.4, -0.2) is 86.3 Å². The van der Waals surface area contributed by atoms with Gasteiger partial charge in [-0.05, 0) is 167 Å². The SMILES string of the molecule is CCN1C(=O)C2(CCN(Cc3ccccc3)CC2)c2cc3[nH]c4c(c3cc21)CCCc1cn[nH]c1-4.CCN1C(=O)C2(CCNCC2)c2cc3[nH]c4c(c3cc21)CCCc1cn[nH]c1-4. The summed E-state index contributed by atoms with van der Waals surface area (Å²) >= 11 is 0. The van der Waals surface area contributed by atoms with E-state index in [4.69, 9.17) is 0 Å². The van der Waals surface area contributed by atoms with Crippen molar-refractivity contribution in [3.8, 4) is 22.8 Å². The van der Waals surface area contributed by atoms with E-state index in [0.717, 1.165) is 137 Å². The molecular weight excluding hydrogens is 785 g/mol. The average molecular weight is 841 g/mol. The molecule has 0 radical (unpaired) electrons. The number of carbonyl (C=O) groups excluding carboxylic acids is 2. The van der Waals surface area contributed by atoms with Crippen molar-refractivity contribution in [2.75, 3.05) is 49.1 Å². The minimum Gasteiger partial charge on any atom is -0.353 e. The van der Waals surface area contributed by atoms with Crippen LogP contribution in [0.4, 0.5) is 11.4 Å². The van der Waals surface area contributed by atoms with Crippen LogP contribution in [0.25, 0.3) is 44.6 Å². The predicted molar refractivity (Wildman–Crippen MR) is 248 cm³/mol. The van der Waals surface area contributed by atoms with Gasteiger partial charge in [-0.15, -0.1) is 0 Å². The van der Waals surface area contributed by atoms with Crippen molar-refractivity contribution in [2.24, 2.45) is 0 Å². The highest BCUT2D eigenvalue weighted by Gasteiger charge is 2.53. The summed E-state index contributed by atoms with van der Waals surface area (Å²) in [6.07, 6.45) is 13.8. The van der Waals surface area contributed by atoms with Gasteiger partial charge in [0.25, 0.3) is 0 Å². The third kappa shape index (κ3) is 5.79. The number of fused-ring (bicyclic) bond motifs is 14. The molecule has 0 unspecified atom stereocenters. The van der Waals surface area contributed by atoms with Gasteiger partial charge in [0.05, 0.1) is 46.0 Å². The average Bonchev–Trinajstić information content (AvgIpc) is 4.15. The van der Waals surface area contributed by atoms with E-state index in [0.29, 0.717) is 18.4 Å². The summed E-state index contributed by atoms with van der Waals surface area (Å²) < 4.78 is 0. The fourth-order valence-corrected chi connectivity index (χ4v) is 12.4. The van der Waals surface area contributed by atoms with Crippen LogP contribution < -0.4 is 15.1 Å². The largest absolute Gasteiger partial charge is 0.353 e. The first-order chi connectivity index (χ1) is 30.9. The van der Waals surface area contributed by atoms with Crippen molar-refractivity contribution in [2.45, 2.75) is 95.4 Å². The Morgan fingerprint density at radius 2 is 1.13 bits per heavy atom. The number of anilines is 2. The van der Waals surface area contributed by atoms with Crippen LogP contribution in [0, 0.1) is 0 Å². The van der Waals surface area contributed by atoms with Crippen molar-refractivity contribution in [3.05, 3.63) is 106 Å². The molecule has 7 aromatic rings. The van der Waals surface area contributed by atoms with E-state index in [1.165, 1.54) is 61.1 Å². The summed E-state index contributed by atoms with van der Waals surface area (Å²) in [7, 11) is 0. The number of carbonyl (C=O) groups is 2. The maximum Gasteiger partial charge on any atom is 0.237 e. The molecule has 63 heavy (non-hydrogen) atoms. The first-order valence-electron chi connectivity index (χ1n) is 23.4. The molecule has 0 saturated carbocycles. The number of aromatic amines is 4. The van der Waals surface area contributed by atoms with Crippen molar-refractivity contribution >= 4 is 45.0 Å². The van der Waals surface area contributed by atoms with Crippen molar-refractivity contribution < 1.29 is 9.59 Å². The molecule has 12 heteroatoms. The summed E-state index contributed by atoms with van der Waals surface area (Å²) in [4.78, 5) is 41.3. The lowest BCUT2D eigenvalue weighted by atomic mass is 9.73. The van der Waals surface area contributed by atoms with Crippen LogP contribution in [0.2, 0.25) is 0 Å². The number of rotatable bonds is 4. The van der Waals surface area contributed by atoms with Gasteiger partial charge in [-0.1, -0.05) is 30.3 Å². The molecule has 0 atom stereocenters. The Bertz CT molecular complexity index is 2920. The first kappa shape index (κ1) is 38.7. The molecule has 2 fully saturated rings. The van der Waals surface area contributed by atoms with E-state index in [1.54, 1.807) is 0 Å². The molecule has 5 N–H and O–H groups in total. The van der Waals surface area contributed by atoms with Gasteiger partial charge >= 0.3 is 0 Å². The number of nitrogens with zero attached hydrogens (tertiary/aromatic N) is 5. The lowest BCUT2D eigenvalue weighted by Gasteiger charge is -2.38. The highest BCUT2D eigenvalue weighted by atomic mass is 16.2. The Hall–Kier alpha value is -5.98. The molecular formula is C51H56N10O2. The standard InChI is InChI=1S/C29H31N5O.C22H25N5O/c1-2-34-25-15-22-21-10-6-9-20-17-30-32-26(20)27(21)31-24(22)16-23(25)29(28(34)35)11-13-33(14-12-29)18-19-7-4-3-5-8-19;1-2-27-18-10-15-14-5-3-4-13-12-24-26-19(13)20(14)25-17(15)11-16(18)22(21(27)28)6-8-23-9-7-22/h3-5,7-8,15-17,31H,2,6,9-14,18H2,1H3,(H,30,32);10-12,23,25H,2-9H2,1H3,(H,24,26). The van der Waals surface area contributed by atoms with Crippen molar-refractivity contribution in [1.29, 1.82) is 0 Å². The molecule has 6 aliphatic rings. The first-order valence-corrected chi connectivity index (χ1v) is 23.4. The molecule has 0 bridgehead atoms. The molecule has 2 saturated heterocycles. The van der Waals surface area contributed by atoms with E-state index in [9.17, 15) is 9.59 Å². The number of aromatic nitrogens is 6. The van der Waals surface area contributed by atoms with E-state index >= 15 is 0 Å². The summed E-state index contributed by atoms with van der Waals surface area (Å²) in [6, 6.07) is 19.8. The van der Waals surface area contributed by atoms with Crippen molar-refractivity contribution in [1.82, 2.24) is 40.6 Å². The minimum atomic E-state index is -0.408. The number of hydrogen-bond acceptors (Lipinski definition) is 6. The van der Waals surface area contributed by atoms with Crippen LogP contribution in [0.15, 0.2) is 67.0 Å². The fraction of sp³-hybridized carbons (Fsp3) is 0.412. The predicted octanol–water partition coefficient (Wildman–Crippen LogP) is 7.98. The number of amides is 2.